The van der Waals surface area contributed by atoms with Gasteiger partial charge in [-0.3, -0.25) is 4.79 Å². The molecule has 98 valence electrons. The Labute approximate surface area is 114 Å². The molecule has 1 aliphatic heterocycles. The summed E-state index contributed by atoms with van der Waals surface area (Å²) in [4.78, 5) is 25.5. The van der Waals surface area contributed by atoms with E-state index in [2.05, 4.69) is 5.32 Å². The summed E-state index contributed by atoms with van der Waals surface area (Å²) in [6.45, 7) is 3.82. The summed E-state index contributed by atoms with van der Waals surface area (Å²) >= 11 is 3.11. The maximum Gasteiger partial charge on any atom is 0.330 e. The molecule has 1 aliphatic rings. The summed E-state index contributed by atoms with van der Waals surface area (Å²) < 4.78 is 0. The molecule has 0 saturated carbocycles. The van der Waals surface area contributed by atoms with Gasteiger partial charge < -0.3 is 10.4 Å². The number of thioether (sulfide) groups is 1. The molecule has 0 radical (unpaired) electrons. The fourth-order valence-corrected chi connectivity index (χ4v) is 4.27. The zero-order valence-corrected chi connectivity index (χ0v) is 11.9. The molecule has 2 heterocycles. The molecule has 4 nitrogen and oxygen atoms in total. The molecule has 1 aromatic rings. The van der Waals surface area contributed by atoms with E-state index in [9.17, 15) is 14.7 Å². The Morgan fingerprint density at radius 1 is 1.44 bits per heavy atom. The van der Waals surface area contributed by atoms with Gasteiger partial charge in [0.15, 0.2) is 0 Å². The molecule has 0 bridgehead atoms. The zero-order chi connectivity index (χ0) is 13.3. The molecule has 1 unspecified atom stereocenters. The molecule has 1 amide bonds. The maximum absolute atomic E-state index is 12.2. The van der Waals surface area contributed by atoms with Crippen LogP contribution in [0, 0.1) is 13.8 Å². The van der Waals surface area contributed by atoms with Gasteiger partial charge in [-0.1, -0.05) is 0 Å². The molecular weight excluding hydrogens is 270 g/mol. The predicted octanol–water partition coefficient (Wildman–Crippen LogP) is 2.06. The van der Waals surface area contributed by atoms with Gasteiger partial charge in [0, 0.05) is 15.5 Å². The lowest BCUT2D eigenvalue weighted by molar-refractivity contribution is -0.143. The molecule has 1 fully saturated rings. The van der Waals surface area contributed by atoms with Crippen LogP contribution in [-0.4, -0.2) is 34.0 Å². The van der Waals surface area contributed by atoms with Crippen LogP contribution in [0.25, 0.3) is 0 Å². The summed E-state index contributed by atoms with van der Waals surface area (Å²) in [5.74, 6) is -0.00279. The highest BCUT2D eigenvalue weighted by Crippen LogP contribution is 2.29. The second kappa shape index (κ2) is 4.93. The van der Waals surface area contributed by atoms with Crippen molar-refractivity contribution in [2.45, 2.75) is 25.8 Å². The van der Waals surface area contributed by atoms with E-state index >= 15 is 0 Å². The Kier molecular flexibility index (Phi) is 3.68. The van der Waals surface area contributed by atoms with E-state index in [-0.39, 0.29) is 5.91 Å². The van der Waals surface area contributed by atoms with Crippen molar-refractivity contribution in [3.8, 4) is 0 Å². The molecule has 6 heteroatoms. The van der Waals surface area contributed by atoms with Gasteiger partial charge in [-0.15, -0.1) is 11.3 Å². The van der Waals surface area contributed by atoms with E-state index in [0.717, 1.165) is 15.5 Å². The molecule has 2 N–H and O–H groups in total. The molecule has 1 aromatic heterocycles. The number of hydrogen-bond donors (Lipinski definition) is 2. The number of hydrogen-bond acceptors (Lipinski definition) is 4. The molecule has 0 spiro atoms. The van der Waals surface area contributed by atoms with Crippen LogP contribution >= 0.6 is 23.1 Å². The van der Waals surface area contributed by atoms with Crippen molar-refractivity contribution >= 4 is 35.0 Å². The first-order chi connectivity index (χ1) is 8.44. The molecule has 1 atom stereocenters. The number of nitrogens with one attached hydrogen (secondary N) is 1. The van der Waals surface area contributed by atoms with Crippen LogP contribution in [0.15, 0.2) is 6.07 Å². The van der Waals surface area contributed by atoms with Crippen molar-refractivity contribution in [1.29, 1.82) is 0 Å². The van der Waals surface area contributed by atoms with Gasteiger partial charge in [0.1, 0.15) is 5.54 Å². The molecule has 18 heavy (non-hydrogen) atoms. The SMILES string of the molecule is Cc1cc(C(=O)NC2(C(=O)O)CCSC2)c(C)s1. The van der Waals surface area contributed by atoms with Crippen LogP contribution in [-0.2, 0) is 4.79 Å². The van der Waals surface area contributed by atoms with Crippen molar-refractivity contribution in [2.75, 3.05) is 11.5 Å². The first-order valence-corrected chi connectivity index (χ1v) is 7.62. The van der Waals surface area contributed by atoms with Gasteiger partial charge in [0.2, 0.25) is 0 Å². The average molecular weight is 285 g/mol. The summed E-state index contributed by atoms with van der Waals surface area (Å²) in [6, 6.07) is 1.81. The van der Waals surface area contributed by atoms with Gasteiger partial charge in [-0.2, -0.15) is 11.8 Å². The first kappa shape index (κ1) is 13.4. The number of carbonyl (C=O) groups is 2. The average Bonchev–Trinajstić information content (AvgIpc) is 2.86. The van der Waals surface area contributed by atoms with Crippen molar-refractivity contribution < 1.29 is 14.7 Å². The number of rotatable bonds is 3. The number of carbonyl (C=O) groups excluding carboxylic acids is 1. The first-order valence-electron chi connectivity index (χ1n) is 5.65. The van der Waals surface area contributed by atoms with E-state index in [1.54, 1.807) is 23.1 Å². The van der Waals surface area contributed by atoms with Crippen LogP contribution in [0.4, 0.5) is 0 Å². The minimum absolute atomic E-state index is 0.276. The fourth-order valence-electron chi connectivity index (χ4n) is 2.03. The predicted molar refractivity (Wildman–Crippen MR) is 73.6 cm³/mol. The normalized spacial score (nSPS) is 23.0. The third kappa shape index (κ3) is 2.40. The van der Waals surface area contributed by atoms with Gasteiger partial charge in [0.05, 0.1) is 5.56 Å². The number of thiophene rings is 1. The molecule has 0 aliphatic carbocycles. The van der Waals surface area contributed by atoms with Crippen molar-refractivity contribution in [1.82, 2.24) is 5.32 Å². The Balaban J connectivity index is 2.20. The van der Waals surface area contributed by atoms with E-state index in [1.807, 2.05) is 19.9 Å². The summed E-state index contributed by atoms with van der Waals surface area (Å²) in [6.07, 6.45) is 0.487. The summed E-state index contributed by atoms with van der Waals surface area (Å²) in [5.41, 5.74) is -0.501. The van der Waals surface area contributed by atoms with Crippen LogP contribution < -0.4 is 5.32 Å². The minimum atomic E-state index is -1.09. The number of amides is 1. The van der Waals surface area contributed by atoms with Crippen molar-refractivity contribution in [2.24, 2.45) is 0 Å². The number of aliphatic carboxylic acids is 1. The Hall–Kier alpha value is -1.01. The van der Waals surface area contributed by atoms with E-state index < -0.39 is 11.5 Å². The third-order valence-electron chi connectivity index (χ3n) is 3.07. The number of carboxylic acids is 1. The monoisotopic (exact) mass is 285 g/mol. The largest absolute Gasteiger partial charge is 0.479 e. The number of aryl methyl sites for hydroxylation is 2. The highest BCUT2D eigenvalue weighted by atomic mass is 32.2. The molecule has 0 aromatic carbocycles. The second-order valence-corrected chi connectivity index (χ2v) is 7.04. The Morgan fingerprint density at radius 2 is 2.17 bits per heavy atom. The van der Waals surface area contributed by atoms with E-state index in [4.69, 9.17) is 0 Å². The molecule has 2 rings (SSSR count). The van der Waals surface area contributed by atoms with Crippen molar-refractivity contribution in [3.63, 3.8) is 0 Å². The second-order valence-electron chi connectivity index (χ2n) is 4.47. The maximum atomic E-state index is 12.2. The fraction of sp³-hybridized carbons (Fsp3) is 0.500. The smallest absolute Gasteiger partial charge is 0.330 e. The van der Waals surface area contributed by atoms with E-state index in [0.29, 0.717) is 17.7 Å². The van der Waals surface area contributed by atoms with Crippen LogP contribution in [0.3, 0.4) is 0 Å². The third-order valence-corrected chi connectivity index (χ3v) is 5.23. The Bertz CT molecular complexity index is 490. The topological polar surface area (TPSA) is 66.4 Å². The molecule has 1 saturated heterocycles. The Morgan fingerprint density at radius 3 is 2.61 bits per heavy atom. The van der Waals surface area contributed by atoms with Crippen molar-refractivity contribution in [3.05, 3.63) is 21.4 Å². The summed E-state index contributed by atoms with van der Waals surface area (Å²) in [7, 11) is 0. The van der Waals surface area contributed by atoms with Gasteiger partial charge in [0.25, 0.3) is 5.91 Å². The van der Waals surface area contributed by atoms with E-state index in [1.165, 1.54) is 0 Å². The van der Waals surface area contributed by atoms with Gasteiger partial charge in [-0.05, 0) is 32.1 Å². The minimum Gasteiger partial charge on any atom is -0.479 e. The zero-order valence-electron chi connectivity index (χ0n) is 10.3. The van der Waals surface area contributed by atoms with Crippen LogP contribution in [0.5, 0.6) is 0 Å². The highest BCUT2D eigenvalue weighted by molar-refractivity contribution is 7.99. The highest BCUT2D eigenvalue weighted by Gasteiger charge is 2.43. The standard InChI is InChI=1S/C12H15NO3S2/c1-7-5-9(8(2)18-7)10(14)13-12(11(15)16)3-4-17-6-12/h5H,3-4,6H2,1-2H3,(H,13,14)(H,15,16). The van der Waals surface area contributed by atoms with Crippen LogP contribution in [0.1, 0.15) is 26.5 Å². The lowest BCUT2D eigenvalue weighted by Gasteiger charge is -2.24. The lowest BCUT2D eigenvalue weighted by atomic mass is 9.98. The van der Waals surface area contributed by atoms with Crippen LogP contribution in [0.2, 0.25) is 0 Å². The number of carboxylic acid groups (broad SMARTS) is 1. The quantitative estimate of drug-likeness (QED) is 0.892. The molecular formula is C12H15NO3S2. The van der Waals surface area contributed by atoms with Gasteiger partial charge in [-0.25, -0.2) is 4.79 Å². The summed E-state index contributed by atoms with van der Waals surface area (Å²) in [5, 5.41) is 12.0. The lowest BCUT2D eigenvalue weighted by Crippen LogP contribution is -2.54. The van der Waals surface area contributed by atoms with Gasteiger partial charge >= 0.3 is 5.97 Å².